The fourth-order valence-electron chi connectivity index (χ4n) is 0.823. The monoisotopic (exact) mass is 182 g/mol. The van der Waals surface area contributed by atoms with Gasteiger partial charge in [0, 0.05) is 0 Å². The maximum atomic E-state index is 9.92. The van der Waals surface area contributed by atoms with Gasteiger partial charge >= 0.3 is 65.7 Å². The molecule has 0 aromatic rings. The van der Waals surface area contributed by atoms with Crippen molar-refractivity contribution >= 4 is 15.4 Å². The van der Waals surface area contributed by atoms with Crippen LogP contribution in [0.5, 0.6) is 0 Å². The summed E-state index contributed by atoms with van der Waals surface area (Å²) in [7, 11) is -1.72. The maximum absolute atomic E-state index is 9.92. The van der Waals surface area contributed by atoms with Crippen molar-refractivity contribution in [3.05, 3.63) is 0 Å². The third-order valence-corrected chi connectivity index (χ3v) is 9.46. The Morgan fingerprint density at radius 1 is 1.40 bits per heavy atom. The van der Waals surface area contributed by atoms with Crippen LogP contribution in [0, 0.1) is 0 Å². The first-order chi connectivity index (χ1) is 4.36. The molecule has 0 aliphatic heterocycles. The van der Waals surface area contributed by atoms with Crippen LogP contribution < -0.4 is 0 Å². The Bertz CT molecular complexity index is 99.8. The normalized spacial score (nSPS) is 14.8. The average Bonchev–Trinajstić information content (AvgIpc) is 1.60. The van der Waals surface area contributed by atoms with Crippen LogP contribution in [0.1, 0.15) is 13.8 Å². The molecule has 0 saturated carbocycles. The molecule has 0 atom stereocenters. The van der Waals surface area contributed by atoms with Crippen LogP contribution >= 0.6 is 15.4 Å². The Morgan fingerprint density at radius 2 is 1.80 bits per heavy atom. The molecule has 0 bridgehead atoms. The van der Waals surface area contributed by atoms with Gasteiger partial charge in [-0.05, 0) is 0 Å². The zero-order valence-electron chi connectivity index (χ0n) is 7.68. The molecule has 0 fully saturated rings. The van der Waals surface area contributed by atoms with Gasteiger partial charge < -0.3 is 0 Å². The third kappa shape index (κ3) is 3.86. The first-order valence-electron chi connectivity index (χ1n) is 3.73. The summed E-state index contributed by atoms with van der Waals surface area (Å²) in [5.74, 6) is 1.10. The summed E-state index contributed by atoms with van der Waals surface area (Å²) >= 11 is 0. The molecule has 0 heterocycles. The molecule has 0 aliphatic rings. The molecular formula is C7H20OP2. The van der Waals surface area contributed by atoms with Crippen LogP contribution in [-0.2, 0) is 0 Å². The van der Waals surface area contributed by atoms with Crippen molar-refractivity contribution in [1.82, 2.24) is 0 Å². The quantitative estimate of drug-likeness (QED) is 0.664. The average molecular weight is 182 g/mol. The van der Waals surface area contributed by atoms with Crippen molar-refractivity contribution in [2.24, 2.45) is 0 Å². The molecule has 1 N–H and O–H groups in total. The fraction of sp³-hybridized carbons (Fsp3) is 1.00. The summed E-state index contributed by atoms with van der Waals surface area (Å²) in [5, 5.41) is 0. The minimum atomic E-state index is -1.81. The molecular weight excluding hydrogens is 162 g/mol. The molecule has 64 valence electrons. The van der Waals surface area contributed by atoms with Gasteiger partial charge in [0.25, 0.3) is 0 Å². The first kappa shape index (κ1) is 10.8. The molecule has 0 unspecified atom stereocenters. The Balaban J connectivity index is 3.87. The van der Waals surface area contributed by atoms with Crippen molar-refractivity contribution in [1.29, 1.82) is 0 Å². The molecule has 3 heteroatoms. The summed E-state index contributed by atoms with van der Waals surface area (Å²) < 4.78 is 0. The summed E-state index contributed by atoms with van der Waals surface area (Å²) in [6.45, 7) is 10.8. The van der Waals surface area contributed by atoms with Crippen molar-refractivity contribution in [2.75, 3.05) is 25.9 Å². The van der Waals surface area contributed by atoms with E-state index in [-0.39, 0.29) is 7.92 Å². The van der Waals surface area contributed by atoms with E-state index in [1.54, 1.807) is 0 Å². The van der Waals surface area contributed by atoms with Gasteiger partial charge in [-0.3, -0.25) is 0 Å². The molecule has 10 heavy (non-hydrogen) atoms. The second-order valence-corrected chi connectivity index (χ2v) is 11.0. The van der Waals surface area contributed by atoms with Crippen LogP contribution in [0.3, 0.4) is 0 Å². The summed E-state index contributed by atoms with van der Waals surface area (Å²) in [6.07, 6.45) is 0. The second kappa shape index (κ2) is 4.00. The molecule has 0 spiro atoms. The van der Waals surface area contributed by atoms with Gasteiger partial charge in [-0.2, -0.15) is 0 Å². The van der Waals surface area contributed by atoms with Crippen LogP contribution in [0.15, 0.2) is 0 Å². The summed E-state index contributed by atoms with van der Waals surface area (Å²) in [6, 6.07) is 0. The summed E-state index contributed by atoms with van der Waals surface area (Å²) in [5.41, 5.74) is 0.511. The van der Waals surface area contributed by atoms with Gasteiger partial charge in [0.05, 0.1) is 0 Å². The Labute approximate surface area is 66.4 Å². The van der Waals surface area contributed by atoms with Gasteiger partial charge in [0.15, 0.2) is 0 Å². The van der Waals surface area contributed by atoms with Crippen molar-refractivity contribution in [3.63, 3.8) is 0 Å². The number of hydrogen-bond acceptors (Lipinski definition) is 1. The first-order valence-corrected chi connectivity index (χ1v) is 8.88. The van der Waals surface area contributed by atoms with Crippen molar-refractivity contribution in [2.45, 2.75) is 19.5 Å². The van der Waals surface area contributed by atoms with Crippen LogP contribution in [0.2, 0.25) is 0 Å². The van der Waals surface area contributed by atoms with Crippen LogP contribution in [-0.4, -0.2) is 36.4 Å². The van der Waals surface area contributed by atoms with E-state index >= 15 is 0 Å². The van der Waals surface area contributed by atoms with Gasteiger partial charge in [-0.15, -0.1) is 0 Å². The van der Waals surface area contributed by atoms with Crippen molar-refractivity contribution < 1.29 is 4.89 Å². The van der Waals surface area contributed by atoms with Gasteiger partial charge in [-0.1, -0.05) is 0 Å². The van der Waals surface area contributed by atoms with E-state index in [9.17, 15) is 4.89 Å². The molecule has 0 aliphatic carbocycles. The zero-order chi connectivity index (χ0) is 8.36. The molecule has 0 aromatic carbocycles. The zero-order valence-corrected chi connectivity index (χ0v) is 9.57. The standard InChI is InChI=1S/C7H20OP2/c1-7(2)10(5,8)6-9(3)4/h7-8,10H,6H2,1-5H3. The Hall–Kier alpha value is 0.820. The van der Waals surface area contributed by atoms with E-state index in [0.29, 0.717) is 5.66 Å². The topological polar surface area (TPSA) is 20.2 Å². The van der Waals surface area contributed by atoms with Gasteiger partial charge in [0.2, 0.25) is 0 Å². The SMILES string of the molecule is CC(C)[PH](C)(O)CP(C)C. The summed E-state index contributed by atoms with van der Waals surface area (Å²) in [4.78, 5) is 9.92. The predicted molar refractivity (Wildman–Crippen MR) is 55.2 cm³/mol. The Morgan fingerprint density at radius 3 is 1.90 bits per heavy atom. The van der Waals surface area contributed by atoms with E-state index in [0.717, 1.165) is 5.90 Å². The fourth-order valence-corrected chi connectivity index (χ4v) is 7.41. The third-order valence-electron chi connectivity index (χ3n) is 1.88. The van der Waals surface area contributed by atoms with Gasteiger partial charge in [0.1, 0.15) is 0 Å². The number of rotatable bonds is 3. The van der Waals surface area contributed by atoms with E-state index in [2.05, 4.69) is 33.8 Å². The van der Waals surface area contributed by atoms with Crippen LogP contribution in [0.25, 0.3) is 0 Å². The molecule has 0 rings (SSSR count). The molecule has 0 amide bonds. The molecule has 0 radical (unpaired) electrons. The Kier molecular flexibility index (Phi) is 4.33. The van der Waals surface area contributed by atoms with E-state index < -0.39 is 7.49 Å². The van der Waals surface area contributed by atoms with E-state index in [1.807, 2.05) is 0 Å². The molecule has 0 saturated heterocycles. The van der Waals surface area contributed by atoms with E-state index in [1.165, 1.54) is 0 Å². The van der Waals surface area contributed by atoms with Crippen molar-refractivity contribution in [3.8, 4) is 0 Å². The van der Waals surface area contributed by atoms with E-state index in [4.69, 9.17) is 0 Å². The minimum absolute atomic E-state index is 0.0908. The van der Waals surface area contributed by atoms with Gasteiger partial charge in [-0.25, -0.2) is 0 Å². The molecule has 1 nitrogen and oxygen atoms in total. The van der Waals surface area contributed by atoms with Crippen LogP contribution in [0.4, 0.5) is 0 Å². The second-order valence-electron chi connectivity index (χ2n) is 3.75. The predicted octanol–water partition coefficient (Wildman–Crippen LogP) is 2.38. The number of hydrogen-bond donors (Lipinski definition) is 1. The molecule has 0 aromatic heterocycles.